The van der Waals surface area contributed by atoms with Gasteiger partial charge in [0.25, 0.3) is 5.91 Å². The van der Waals surface area contributed by atoms with E-state index in [1.165, 1.54) is 5.56 Å². The number of Topliss-reactive ketones (excluding diaryl/α,β-unsaturated/α-hetero) is 1. The average Bonchev–Trinajstić information content (AvgIpc) is 3.61. The van der Waals surface area contributed by atoms with Crippen LogP contribution in [0.5, 0.6) is 11.5 Å². The number of carbonyl (C=O) groups is 2. The molecule has 0 saturated heterocycles. The number of hydrogen-bond donors (Lipinski definition) is 1. The molecule has 0 aromatic heterocycles. The van der Waals surface area contributed by atoms with Crippen molar-refractivity contribution in [3.8, 4) is 22.6 Å². The number of nitrogens with zero attached hydrogens (tertiary/aromatic N) is 1. The van der Waals surface area contributed by atoms with Gasteiger partial charge in [-0.1, -0.05) is 57.2 Å². The molecule has 1 fully saturated rings. The fourth-order valence-corrected chi connectivity index (χ4v) is 5.50. The molecule has 0 bridgehead atoms. The summed E-state index contributed by atoms with van der Waals surface area (Å²) in [6.07, 6.45) is 3.00. The Morgan fingerprint density at radius 3 is 2.35 bits per heavy atom. The van der Waals surface area contributed by atoms with Crippen molar-refractivity contribution in [3.63, 3.8) is 0 Å². The van der Waals surface area contributed by atoms with Crippen LogP contribution in [0, 0.1) is 0 Å². The smallest absolute Gasteiger partial charge is 0.251 e. The maximum atomic E-state index is 13.7. The van der Waals surface area contributed by atoms with E-state index in [1.807, 2.05) is 56.6 Å². The molecule has 1 aliphatic heterocycles. The van der Waals surface area contributed by atoms with Crippen LogP contribution in [-0.4, -0.2) is 50.6 Å². The Kier molecular flexibility index (Phi) is 7.74. The molecule has 3 aromatic carbocycles. The number of rotatable bonds is 10. The predicted molar refractivity (Wildman–Crippen MR) is 160 cm³/mol. The van der Waals surface area contributed by atoms with E-state index < -0.39 is 5.41 Å². The molecule has 1 aliphatic carbocycles. The van der Waals surface area contributed by atoms with Crippen molar-refractivity contribution in [2.24, 2.45) is 0 Å². The monoisotopic (exact) mass is 542 g/mol. The van der Waals surface area contributed by atoms with Crippen molar-refractivity contribution in [3.05, 3.63) is 82.9 Å². The summed E-state index contributed by atoms with van der Waals surface area (Å²) in [5.74, 6) is 1.64. The topological polar surface area (TPSA) is 67.9 Å². The van der Waals surface area contributed by atoms with Gasteiger partial charge in [0.15, 0.2) is 11.5 Å². The highest BCUT2D eigenvalue weighted by molar-refractivity contribution is 5.96. The molecule has 1 heterocycles. The Morgan fingerprint density at radius 2 is 1.68 bits per heavy atom. The molecule has 3 aromatic rings. The maximum absolute atomic E-state index is 13.7. The van der Waals surface area contributed by atoms with Crippen LogP contribution in [0.4, 0.5) is 0 Å². The van der Waals surface area contributed by atoms with Crippen molar-refractivity contribution < 1.29 is 20.5 Å². The van der Waals surface area contributed by atoms with Crippen LogP contribution in [-0.2, 0) is 22.0 Å². The summed E-state index contributed by atoms with van der Waals surface area (Å²) in [6, 6.07) is 20.1. The largest absolute Gasteiger partial charge is 0.454 e. The highest BCUT2D eigenvalue weighted by atomic mass is 16.7. The minimum Gasteiger partial charge on any atom is -0.454 e. The summed E-state index contributed by atoms with van der Waals surface area (Å²) in [5.41, 5.74) is 5.50. The molecule has 0 unspecified atom stereocenters. The van der Waals surface area contributed by atoms with E-state index in [0.29, 0.717) is 18.5 Å². The molecule has 5 rings (SSSR count). The van der Waals surface area contributed by atoms with Crippen molar-refractivity contribution in [2.45, 2.75) is 57.3 Å². The molecule has 0 radical (unpaired) electrons. The van der Waals surface area contributed by atoms with Crippen molar-refractivity contribution in [1.82, 2.24) is 10.2 Å². The zero-order valence-corrected chi connectivity index (χ0v) is 24.3. The summed E-state index contributed by atoms with van der Waals surface area (Å²) >= 11 is 0. The van der Waals surface area contributed by atoms with E-state index in [-0.39, 0.29) is 25.3 Å². The molecule has 1 saturated carbocycles. The third kappa shape index (κ3) is 5.92. The Labute approximate surface area is 239 Å². The number of benzene rings is 3. The number of fused-ring (bicyclic) bond motifs is 1. The minimum absolute atomic E-state index is 0. The molecule has 0 atom stereocenters. The first-order chi connectivity index (χ1) is 19.1. The Balaban J connectivity index is 0.00000387. The van der Waals surface area contributed by atoms with Gasteiger partial charge in [-0.2, -0.15) is 0 Å². The molecule has 0 spiro atoms. The summed E-state index contributed by atoms with van der Waals surface area (Å²) in [6.45, 7) is 8.41. The predicted octanol–water partition coefficient (Wildman–Crippen LogP) is 6.15. The third-order valence-electron chi connectivity index (χ3n) is 7.99. The summed E-state index contributed by atoms with van der Waals surface area (Å²) in [7, 11) is 4.06. The van der Waals surface area contributed by atoms with Crippen LogP contribution in [0.25, 0.3) is 11.1 Å². The van der Waals surface area contributed by atoms with Crippen molar-refractivity contribution in [1.29, 1.82) is 0 Å². The first-order valence-corrected chi connectivity index (χ1v) is 14.2. The highest BCUT2D eigenvalue weighted by Crippen LogP contribution is 2.51. The van der Waals surface area contributed by atoms with Crippen LogP contribution in [0.3, 0.4) is 0 Å². The van der Waals surface area contributed by atoms with Crippen molar-refractivity contribution in [2.75, 3.05) is 34.0 Å². The number of nitrogens with one attached hydrogen (secondary N) is 1. The number of ether oxygens (including phenoxy) is 2. The van der Waals surface area contributed by atoms with Gasteiger partial charge in [0.05, 0.1) is 5.41 Å². The average molecular weight is 543 g/mol. The van der Waals surface area contributed by atoms with E-state index in [0.717, 1.165) is 59.6 Å². The first kappa shape index (κ1) is 27.9. The third-order valence-corrected chi connectivity index (χ3v) is 7.99. The van der Waals surface area contributed by atoms with Gasteiger partial charge in [-0.25, -0.2) is 0 Å². The fraction of sp³-hybridized carbons (Fsp3) is 0.412. The quantitative estimate of drug-likeness (QED) is 0.311. The zero-order valence-electron chi connectivity index (χ0n) is 24.3. The standard InChI is InChI=1S/C34H40N2O4.H2/c1-33(2,3)28-13-7-23(20-31(37)34(15-16-34)26-12-14-29-30(21-26)40-22-39-29)19-27(28)24-8-10-25(11-9-24)32(38)35-17-6-18-36(4)5;/h7-14,19,21H,6,15-18,20,22H2,1-5H3,(H,35,38);1H. The lowest BCUT2D eigenvalue weighted by Crippen LogP contribution is -2.27. The van der Waals surface area contributed by atoms with E-state index in [2.05, 4.69) is 49.2 Å². The zero-order chi connectivity index (χ0) is 28.5. The SMILES string of the molecule is CN(C)CCCNC(=O)c1ccc(-c2cc(CC(=O)C3(c4ccc5c(c4)OCO5)CC3)ccc2C(C)(C)C)cc1.[HH]. The molecular weight excluding hydrogens is 500 g/mol. The molecule has 6 heteroatoms. The molecule has 40 heavy (non-hydrogen) atoms. The molecular formula is C34H42N2O4. The second-order valence-electron chi connectivity index (χ2n) is 12.4. The van der Waals surface area contributed by atoms with Gasteiger partial charge in [-0.15, -0.1) is 0 Å². The van der Waals surface area contributed by atoms with E-state index in [9.17, 15) is 9.59 Å². The second kappa shape index (κ2) is 11.1. The maximum Gasteiger partial charge on any atom is 0.251 e. The summed E-state index contributed by atoms with van der Waals surface area (Å²) in [4.78, 5) is 28.4. The van der Waals surface area contributed by atoms with Gasteiger partial charge in [0, 0.05) is 20.0 Å². The highest BCUT2D eigenvalue weighted by Gasteiger charge is 2.50. The summed E-state index contributed by atoms with van der Waals surface area (Å²) < 4.78 is 11.0. The number of carbonyl (C=O) groups excluding carboxylic acids is 2. The summed E-state index contributed by atoms with van der Waals surface area (Å²) in [5, 5.41) is 3.01. The molecule has 2 aliphatic rings. The molecule has 6 nitrogen and oxygen atoms in total. The number of ketones is 1. The van der Waals surface area contributed by atoms with Crippen LogP contribution < -0.4 is 14.8 Å². The van der Waals surface area contributed by atoms with Crippen LogP contribution in [0.1, 0.15) is 68.5 Å². The lowest BCUT2D eigenvalue weighted by atomic mass is 9.80. The fourth-order valence-electron chi connectivity index (χ4n) is 5.50. The Bertz CT molecular complexity index is 1410. The van der Waals surface area contributed by atoms with Gasteiger partial charge in [0.1, 0.15) is 5.78 Å². The normalized spacial score (nSPS) is 15.2. The molecule has 212 valence electrons. The van der Waals surface area contributed by atoms with Gasteiger partial charge in [-0.05, 0) is 97.4 Å². The number of amides is 1. The number of hydrogen-bond acceptors (Lipinski definition) is 5. The van der Waals surface area contributed by atoms with Gasteiger partial charge >= 0.3 is 0 Å². The van der Waals surface area contributed by atoms with Crippen molar-refractivity contribution >= 4 is 11.7 Å². The first-order valence-electron chi connectivity index (χ1n) is 14.2. The van der Waals surface area contributed by atoms with E-state index in [1.54, 1.807) is 0 Å². The Hall–Kier alpha value is -3.64. The van der Waals surface area contributed by atoms with Gasteiger partial charge in [0.2, 0.25) is 6.79 Å². The van der Waals surface area contributed by atoms with Crippen LogP contribution >= 0.6 is 0 Å². The second-order valence-corrected chi connectivity index (χ2v) is 12.4. The lowest BCUT2D eigenvalue weighted by Gasteiger charge is -2.24. The molecule has 1 amide bonds. The van der Waals surface area contributed by atoms with Crippen LogP contribution in [0.15, 0.2) is 60.7 Å². The lowest BCUT2D eigenvalue weighted by molar-refractivity contribution is -0.120. The van der Waals surface area contributed by atoms with E-state index in [4.69, 9.17) is 9.47 Å². The van der Waals surface area contributed by atoms with E-state index >= 15 is 0 Å². The minimum atomic E-state index is -0.439. The van der Waals surface area contributed by atoms with Crippen LogP contribution in [0.2, 0.25) is 0 Å². The van der Waals surface area contributed by atoms with Gasteiger partial charge < -0.3 is 19.7 Å². The molecule has 1 N–H and O–H groups in total. The van der Waals surface area contributed by atoms with Gasteiger partial charge in [-0.3, -0.25) is 9.59 Å². The Morgan fingerprint density at radius 1 is 0.950 bits per heavy atom.